The second kappa shape index (κ2) is 6.07. The lowest BCUT2D eigenvalue weighted by molar-refractivity contribution is -0.143. The number of fused-ring (bicyclic) bond motifs is 1. The van der Waals surface area contributed by atoms with Gasteiger partial charge in [-0.1, -0.05) is 13.0 Å². The standard InChI is InChI=1S/C13H22BN3O4/c1-9(2)20-14-5-3-4-10-7-17(11(18)6-15)8-13(10,16)12(19)21-14/h10H,1,3-8,15-16H2,2H3. The van der Waals surface area contributed by atoms with Gasteiger partial charge in [-0.3, -0.25) is 9.59 Å². The van der Waals surface area contributed by atoms with Crippen LogP contribution in [0.4, 0.5) is 0 Å². The Morgan fingerprint density at radius 3 is 3.00 bits per heavy atom. The van der Waals surface area contributed by atoms with E-state index in [0.717, 1.165) is 12.8 Å². The molecule has 0 radical (unpaired) electrons. The molecule has 21 heavy (non-hydrogen) atoms. The molecule has 4 N–H and O–H groups in total. The SMILES string of the molecule is C=C(C)OB1CCCC2CN(C(=O)CN)CC2(N)C(=O)O1. The second-order valence-corrected chi connectivity index (χ2v) is 5.80. The molecule has 2 atom stereocenters. The maximum absolute atomic E-state index is 12.4. The summed E-state index contributed by atoms with van der Waals surface area (Å²) < 4.78 is 10.8. The van der Waals surface area contributed by atoms with Gasteiger partial charge in [0.1, 0.15) is 5.54 Å². The fourth-order valence-corrected chi connectivity index (χ4v) is 2.96. The summed E-state index contributed by atoms with van der Waals surface area (Å²) in [5.74, 6) is -0.339. The van der Waals surface area contributed by atoms with E-state index in [4.69, 9.17) is 20.8 Å². The first-order valence-corrected chi connectivity index (χ1v) is 7.16. The van der Waals surface area contributed by atoms with Gasteiger partial charge in [0.25, 0.3) is 0 Å². The third-order valence-electron chi connectivity index (χ3n) is 4.09. The Morgan fingerprint density at radius 2 is 2.38 bits per heavy atom. The molecule has 2 aliphatic heterocycles. The summed E-state index contributed by atoms with van der Waals surface area (Å²) in [6, 6.07) is 0. The minimum absolute atomic E-state index is 0.0841. The molecule has 2 fully saturated rings. The van der Waals surface area contributed by atoms with Crippen LogP contribution in [-0.4, -0.2) is 49.1 Å². The summed E-state index contributed by atoms with van der Waals surface area (Å²) >= 11 is 0. The smallest absolute Gasteiger partial charge is 0.530 e. The van der Waals surface area contributed by atoms with Crippen molar-refractivity contribution in [3.8, 4) is 0 Å². The number of hydrogen-bond acceptors (Lipinski definition) is 6. The van der Waals surface area contributed by atoms with Crippen LogP contribution in [0.25, 0.3) is 0 Å². The van der Waals surface area contributed by atoms with E-state index in [-0.39, 0.29) is 24.9 Å². The summed E-state index contributed by atoms with van der Waals surface area (Å²) in [4.78, 5) is 25.7. The molecule has 2 aliphatic rings. The number of likely N-dealkylation sites (tertiary alicyclic amines) is 1. The van der Waals surface area contributed by atoms with E-state index in [2.05, 4.69) is 6.58 Å². The predicted octanol–water partition coefficient (Wildman–Crippen LogP) is -0.524. The monoisotopic (exact) mass is 295 g/mol. The number of nitrogens with two attached hydrogens (primary N) is 2. The van der Waals surface area contributed by atoms with E-state index in [1.807, 2.05) is 0 Å². The van der Waals surface area contributed by atoms with E-state index in [1.165, 1.54) is 0 Å². The molecule has 1 amide bonds. The van der Waals surface area contributed by atoms with E-state index in [1.54, 1.807) is 11.8 Å². The van der Waals surface area contributed by atoms with E-state index >= 15 is 0 Å². The quantitative estimate of drug-likeness (QED) is 0.535. The fourth-order valence-electron chi connectivity index (χ4n) is 2.96. The molecular formula is C13H22BN3O4. The number of amides is 1. The number of carbonyl (C=O) groups is 2. The normalized spacial score (nSPS) is 29.3. The van der Waals surface area contributed by atoms with Crippen molar-refractivity contribution >= 4 is 19.0 Å². The number of hydrogen-bond donors (Lipinski definition) is 2. The molecule has 0 spiro atoms. The second-order valence-electron chi connectivity index (χ2n) is 5.80. The molecule has 7 nitrogen and oxygen atoms in total. The molecule has 0 aromatic carbocycles. The Balaban J connectivity index is 2.13. The van der Waals surface area contributed by atoms with Crippen molar-refractivity contribution in [3.05, 3.63) is 12.3 Å². The molecule has 0 saturated carbocycles. The van der Waals surface area contributed by atoms with Crippen LogP contribution < -0.4 is 11.5 Å². The Labute approximate surface area is 124 Å². The van der Waals surface area contributed by atoms with Crippen LogP contribution in [0.1, 0.15) is 19.8 Å². The summed E-state index contributed by atoms with van der Waals surface area (Å²) in [5.41, 5.74) is 10.5. The fraction of sp³-hybridized carbons (Fsp3) is 0.692. The predicted molar refractivity (Wildman–Crippen MR) is 77.8 cm³/mol. The van der Waals surface area contributed by atoms with Crippen molar-refractivity contribution in [2.75, 3.05) is 19.6 Å². The molecule has 0 aromatic heterocycles. The number of nitrogens with zero attached hydrogens (tertiary/aromatic N) is 1. The Bertz CT molecular complexity index is 459. The highest BCUT2D eigenvalue weighted by molar-refractivity contribution is 6.47. The van der Waals surface area contributed by atoms with E-state index < -0.39 is 18.6 Å². The highest BCUT2D eigenvalue weighted by Crippen LogP contribution is 2.33. The van der Waals surface area contributed by atoms with Crippen LogP contribution in [0.15, 0.2) is 12.3 Å². The van der Waals surface area contributed by atoms with E-state index in [9.17, 15) is 9.59 Å². The van der Waals surface area contributed by atoms with Gasteiger partial charge in [-0.2, -0.15) is 0 Å². The summed E-state index contributed by atoms with van der Waals surface area (Å²) in [7, 11) is -0.657. The highest BCUT2D eigenvalue weighted by atomic mass is 16.6. The molecule has 8 heteroatoms. The zero-order valence-electron chi connectivity index (χ0n) is 12.3. The lowest BCUT2D eigenvalue weighted by atomic mass is 9.74. The van der Waals surface area contributed by atoms with Gasteiger partial charge in [0, 0.05) is 25.3 Å². The van der Waals surface area contributed by atoms with Gasteiger partial charge in [0.05, 0.1) is 12.3 Å². The summed E-state index contributed by atoms with van der Waals surface area (Å²) in [6.07, 6.45) is 2.14. The first-order valence-electron chi connectivity index (χ1n) is 7.16. The third kappa shape index (κ3) is 3.21. The maximum Gasteiger partial charge on any atom is 0.596 e. The molecule has 0 aliphatic carbocycles. The highest BCUT2D eigenvalue weighted by Gasteiger charge is 2.53. The minimum Gasteiger partial charge on any atom is -0.530 e. The Kier molecular flexibility index (Phi) is 4.58. The van der Waals surface area contributed by atoms with Crippen molar-refractivity contribution in [1.82, 2.24) is 4.90 Å². The molecular weight excluding hydrogens is 273 g/mol. The van der Waals surface area contributed by atoms with Gasteiger partial charge in [0.15, 0.2) is 0 Å². The first-order chi connectivity index (χ1) is 9.86. The van der Waals surface area contributed by atoms with Crippen LogP contribution in [0, 0.1) is 5.92 Å². The van der Waals surface area contributed by atoms with Crippen molar-refractivity contribution in [1.29, 1.82) is 0 Å². The molecule has 2 heterocycles. The zero-order chi connectivity index (χ0) is 15.6. The largest absolute Gasteiger partial charge is 0.596 e. The molecule has 2 saturated heterocycles. The van der Waals surface area contributed by atoms with Gasteiger partial charge in [-0.05, 0) is 13.3 Å². The van der Waals surface area contributed by atoms with Gasteiger partial charge in [0.2, 0.25) is 5.91 Å². The lowest BCUT2D eigenvalue weighted by Gasteiger charge is -2.31. The maximum atomic E-state index is 12.4. The third-order valence-corrected chi connectivity index (χ3v) is 4.09. The molecule has 2 rings (SSSR count). The molecule has 2 unspecified atom stereocenters. The first kappa shape index (κ1) is 15.8. The number of rotatable bonds is 3. The Morgan fingerprint density at radius 1 is 1.67 bits per heavy atom. The Hall–Kier alpha value is -1.54. The van der Waals surface area contributed by atoms with Gasteiger partial charge in [-0.15, -0.1) is 0 Å². The molecule has 0 bridgehead atoms. The van der Waals surface area contributed by atoms with Crippen molar-refractivity contribution in [3.63, 3.8) is 0 Å². The average molecular weight is 295 g/mol. The van der Waals surface area contributed by atoms with E-state index in [0.29, 0.717) is 18.6 Å². The van der Waals surface area contributed by atoms with Gasteiger partial charge < -0.3 is 25.7 Å². The van der Waals surface area contributed by atoms with Crippen LogP contribution >= 0.6 is 0 Å². The van der Waals surface area contributed by atoms with Crippen LogP contribution in [0.3, 0.4) is 0 Å². The number of carbonyl (C=O) groups excluding carboxylic acids is 2. The molecule has 0 aromatic rings. The number of allylic oxidation sites excluding steroid dienone is 1. The van der Waals surface area contributed by atoms with Crippen LogP contribution in [-0.2, 0) is 18.9 Å². The summed E-state index contributed by atoms with van der Waals surface area (Å²) in [5, 5.41) is 0. The zero-order valence-corrected chi connectivity index (χ0v) is 12.3. The van der Waals surface area contributed by atoms with Crippen molar-refractivity contribution < 1.29 is 18.9 Å². The minimum atomic E-state index is -1.18. The lowest BCUT2D eigenvalue weighted by Crippen LogP contribution is -2.58. The molecule has 116 valence electrons. The van der Waals surface area contributed by atoms with Crippen molar-refractivity contribution in [2.45, 2.75) is 31.6 Å². The topological polar surface area (TPSA) is 108 Å². The van der Waals surface area contributed by atoms with Crippen LogP contribution in [0.2, 0.25) is 6.32 Å². The van der Waals surface area contributed by atoms with Crippen molar-refractivity contribution in [2.24, 2.45) is 17.4 Å². The summed E-state index contributed by atoms with van der Waals surface area (Å²) in [6.45, 7) is 5.86. The van der Waals surface area contributed by atoms with Gasteiger partial charge in [-0.25, -0.2) is 0 Å². The van der Waals surface area contributed by atoms with Gasteiger partial charge >= 0.3 is 13.1 Å². The van der Waals surface area contributed by atoms with Crippen LogP contribution in [0.5, 0.6) is 0 Å². The average Bonchev–Trinajstić information content (AvgIpc) is 2.74.